The third-order valence-corrected chi connectivity index (χ3v) is 5.62. The molecule has 3 N–H and O–H groups in total. The maximum Gasteiger partial charge on any atom is 0.408 e. The molecule has 0 bridgehead atoms. The minimum absolute atomic E-state index is 0.177. The summed E-state index contributed by atoms with van der Waals surface area (Å²) in [5.41, 5.74) is 7.62. The SMILES string of the molecule is CC1OC(=O)NC1C(=O)N1CCCC1(C)C(=O)[C@@H](N)Cc1cscn1. The maximum atomic E-state index is 13.0. The molecule has 3 heterocycles. The first-order valence-electron chi connectivity index (χ1n) is 8.28. The van der Waals surface area contributed by atoms with Gasteiger partial charge in [0.15, 0.2) is 5.78 Å². The molecule has 2 fully saturated rings. The van der Waals surface area contributed by atoms with E-state index in [2.05, 4.69) is 10.3 Å². The predicted molar refractivity (Wildman–Crippen MR) is 91.0 cm³/mol. The Morgan fingerprint density at radius 1 is 1.60 bits per heavy atom. The fourth-order valence-electron chi connectivity index (χ4n) is 3.57. The number of ketones is 1. The second kappa shape index (κ2) is 6.72. The number of Topliss-reactive ketones (excluding diaryl/α,β-unsaturated/α-hetero) is 1. The molecule has 2 aliphatic rings. The summed E-state index contributed by atoms with van der Waals surface area (Å²) < 4.78 is 4.99. The van der Waals surface area contributed by atoms with Gasteiger partial charge in [0.2, 0.25) is 5.91 Å². The summed E-state index contributed by atoms with van der Waals surface area (Å²) in [4.78, 5) is 43.0. The molecule has 1 aromatic rings. The lowest BCUT2D eigenvalue weighted by Crippen LogP contribution is -2.60. The fourth-order valence-corrected chi connectivity index (χ4v) is 4.15. The van der Waals surface area contributed by atoms with Crippen molar-refractivity contribution in [2.45, 2.75) is 56.8 Å². The number of nitrogens with two attached hydrogens (primary N) is 1. The molecule has 3 unspecified atom stereocenters. The topological polar surface area (TPSA) is 115 Å². The number of likely N-dealkylation sites (tertiary alicyclic amines) is 1. The summed E-state index contributed by atoms with van der Waals surface area (Å²) >= 11 is 1.45. The molecule has 25 heavy (non-hydrogen) atoms. The lowest BCUT2D eigenvalue weighted by Gasteiger charge is -2.37. The number of hydrogen-bond donors (Lipinski definition) is 2. The quantitative estimate of drug-likeness (QED) is 0.782. The highest BCUT2D eigenvalue weighted by molar-refractivity contribution is 7.07. The van der Waals surface area contributed by atoms with Crippen LogP contribution in [0.15, 0.2) is 10.9 Å². The molecular formula is C16H22N4O4S. The average molecular weight is 366 g/mol. The van der Waals surface area contributed by atoms with Crippen molar-refractivity contribution in [2.75, 3.05) is 6.54 Å². The molecular weight excluding hydrogens is 344 g/mol. The summed E-state index contributed by atoms with van der Waals surface area (Å²) in [6.07, 6.45) is 0.437. The third kappa shape index (κ3) is 3.25. The molecule has 0 saturated carbocycles. The van der Waals surface area contributed by atoms with Crippen molar-refractivity contribution in [1.82, 2.24) is 15.2 Å². The highest BCUT2D eigenvalue weighted by Gasteiger charge is 2.50. The van der Waals surface area contributed by atoms with Gasteiger partial charge in [-0.2, -0.15) is 0 Å². The Labute approximate surface area is 149 Å². The number of thiazole rings is 1. The standard InChI is InChI=1S/C16H22N4O4S/c1-9-12(19-15(23)24-9)14(22)20-5-3-4-16(20,2)13(21)11(17)6-10-7-25-8-18-10/h7-9,11-12H,3-6,17H2,1-2H3,(H,19,23)/t9?,11-,12?,16?/m0/s1. The van der Waals surface area contributed by atoms with Gasteiger partial charge in [0.05, 0.1) is 17.2 Å². The maximum absolute atomic E-state index is 13.0. The van der Waals surface area contributed by atoms with Gasteiger partial charge >= 0.3 is 6.09 Å². The molecule has 1 aromatic heterocycles. The highest BCUT2D eigenvalue weighted by Crippen LogP contribution is 2.32. The van der Waals surface area contributed by atoms with Gasteiger partial charge in [-0.15, -0.1) is 11.3 Å². The first kappa shape index (κ1) is 17.8. The molecule has 0 aliphatic carbocycles. The van der Waals surface area contributed by atoms with Crippen molar-refractivity contribution in [3.05, 3.63) is 16.6 Å². The number of ether oxygens (including phenoxy) is 1. The normalized spacial score (nSPS) is 30.0. The lowest BCUT2D eigenvalue weighted by atomic mass is 9.87. The van der Waals surface area contributed by atoms with E-state index < -0.39 is 29.8 Å². The van der Waals surface area contributed by atoms with E-state index in [9.17, 15) is 14.4 Å². The van der Waals surface area contributed by atoms with Gasteiger partial charge in [0.25, 0.3) is 0 Å². The Morgan fingerprint density at radius 3 is 2.96 bits per heavy atom. The highest BCUT2D eigenvalue weighted by atomic mass is 32.1. The van der Waals surface area contributed by atoms with Gasteiger partial charge in [-0.05, 0) is 26.7 Å². The fraction of sp³-hybridized carbons (Fsp3) is 0.625. The van der Waals surface area contributed by atoms with Crippen LogP contribution in [0.1, 0.15) is 32.4 Å². The van der Waals surface area contributed by atoms with E-state index in [-0.39, 0.29) is 11.7 Å². The number of rotatable bonds is 5. The van der Waals surface area contributed by atoms with Crippen molar-refractivity contribution in [2.24, 2.45) is 5.73 Å². The van der Waals surface area contributed by atoms with E-state index in [1.807, 2.05) is 5.38 Å². The van der Waals surface area contributed by atoms with E-state index in [0.29, 0.717) is 25.8 Å². The number of hydrogen-bond acceptors (Lipinski definition) is 7. The van der Waals surface area contributed by atoms with Crippen LogP contribution in [0.3, 0.4) is 0 Å². The number of aromatic nitrogens is 1. The number of carbonyl (C=O) groups excluding carboxylic acids is 3. The van der Waals surface area contributed by atoms with Gasteiger partial charge in [-0.3, -0.25) is 9.59 Å². The second-order valence-corrected chi connectivity index (χ2v) is 7.47. The Morgan fingerprint density at radius 2 is 2.36 bits per heavy atom. The predicted octanol–water partition coefficient (Wildman–Crippen LogP) is 0.460. The number of nitrogens with one attached hydrogen (secondary N) is 1. The second-order valence-electron chi connectivity index (χ2n) is 6.75. The van der Waals surface area contributed by atoms with Crippen LogP contribution < -0.4 is 11.1 Å². The van der Waals surface area contributed by atoms with Gasteiger partial charge in [-0.25, -0.2) is 9.78 Å². The molecule has 4 atom stereocenters. The summed E-state index contributed by atoms with van der Waals surface area (Å²) in [5.74, 6) is -0.475. The molecule has 2 amide bonds. The summed E-state index contributed by atoms with van der Waals surface area (Å²) in [6, 6.07) is -1.50. The number of nitrogens with zero attached hydrogens (tertiary/aromatic N) is 2. The van der Waals surface area contributed by atoms with E-state index in [1.54, 1.807) is 24.3 Å². The molecule has 3 rings (SSSR count). The van der Waals surface area contributed by atoms with Gasteiger partial charge < -0.3 is 20.7 Å². The van der Waals surface area contributed by atoms with Crippen molar-refractivity contribution in [3.63, 3.8) is 0 Å². The number of carbonyl (C=O) groups is 3. The zero-order chi connectivity index (χ0) is 18.2. The first-order valence-corrected chi connectivity index (χ1v) is 9.23. The van der Waals surface area contributed by atoms with Crippen LogP contribution in [0.5, 0.6) is 0 Å². The molecule has 0 radical (unpaired) electrons. The molecule has 136 valence electrons. The van der Waals surface area contributed by atoms with E-state index in [1.165, 1.54) is 11.3 Å². The van der Waals surface area contributed by atoms with Crippen LogP contribution in [0, 0.1) is 0 Å². The van der Waals surface area contributed by atoms with E-state index in [4.69, 9.17) is 10.5 Å². The van der Waals surface area contributed by atoms with Gasteiger partial charge in [0, 0.05) is 18.3 Å². The molecule has 9 heteroatoms. The summed E-state index contributed by atoms with van der Waals surface area (Å²) in [7, 11) is 0. The Bertz CT molecular complexity index is 680. The Kier molecular flexibility index (Phi) is 4.79. The van der Waals surface area contributed by atoms with Gasteiger partial charge in [-0.1, -0.05) is 0 Å². The Hall–Kier alpha value is -2.00. The largest absolute Gasteiger partial charge is 0.444 e. The van der Waals surface area contributed by atoms with Crippen LogP contribution in [-0.2, 0) is 20.7 Å². The molecule has 2 saturated heterocycles. The van der Waals surface area contributed by atoms with Crippen LogP contribution in [-0.4, -0.2) is 57.9 Å². The lowest BCUT2D eigenvalue weighted by molar-refractivity contribution is -0.145. The van der Waals surface area contributed by atoms with Crippen LogP contribution in [0.2, 0.25) is 0 Å². The third-order valence-electron chi connectivity index (χ3n) is 4.99. The van der Waals surface area contributed by atoms with E-state index >= 15 is 0 Å². The van der Waals surface area contributed by atoms with Crippen LogP contribution in [0.4, 0.5) is 4.79 Å². The number of alkyl carbamates (subject to hydrolysis) is 1. The van der Waals surface area contributed by atoms with Crippen molar-refractivity contribution in [1.29, 1.82) is 0 Å². The van der Waals surface area contributed by atoms with Gasteiger partial charge in [0.1, 0.15) is 17.7 Å². The smallest absolute Gasteiger partial charge is 0.408 e. The molecule has 0 spiro atoms. The molecule has 0 aromatic carbocycles. The minimum atomic E-state index is -0.973. The minimum Gasteiger partial charge on any atom is -0.444 e. The molecule has 2 aliphatic heterocycles. The summed E-state index contributed by atoms with van der Waals surface area (Å²) in [5, 5.41) is 4.38. The van der Waals surface area contributed by atoms with Crippen LogP contribution >= 0.6 is 11.3 Å². The number of cyclic esters (lactones) is 1. The molecule has 8 nitrogen and oxygen atoms in total. The van der Waals surface area contributed by atoms with Crippen molar-refractivity contribution >= 4 is 29.1 Å². The van der Waals surface area contributed by atoms with Crippen molar-refractivity contribution < 1.29 is 19.1 Å². The first-order chi connectivity index (χ1) is 11.8. The van der Waals surface area contributed by atoms with Crippen LogP contribution in [0.25, 0.3) is 0 Å². The zero-order valence-electron chi connectivity index (χ0n) is 14.2. The average Bonchev–Trinajstić information content (AvgIpc) is 3.27. The Balaban J connectivity index is 1.75. The summed E-state index contributed by atoms with van der Waals surface area (Å²) in [6.45, 7) is 3.87. The monoisotopic (exact) mass is 366 g/mol. The van der Waals surface area contributed by atoms with E-state index in [0.717, 1.165) is 5.69 Å². The number of amides is 2. The zero-order valence-corrected chi connectivity index (χ0v) is 15.0. The van der Waals surface area contributed by atoms with Crippen molar-refractivity contribution in [3.8, 4) is 0 Å².